The number of hydrogen-bond acceptors (Lipinski definition) is 9. The van der Waals surface area contributed by atoms with Gasteiger partial charge < -0.3 is 30.0 Å². The fraction of sp³-hybridized carbons (Fsp3) is 0.636. The van der Waals surface area contributed by atoms with Crippen molar-refractivity contribution in [3.05, 3.63) is 0 Å². The standard InChI is InChI=1S/C11H16O9/c1-5(13)2-6(14)11(19)20-4-8(16)10(18)9(17)7(15)3-12/h3,7-10,15-18H,2,4H2,1H3/t7-,8+,9+,10+/m0/s1. The molecule has 0 spiro atoms. The van der Waals surface area contributed by atoms with Gasteiger partial charge >= 0.3 is 5.97 Å². The monoisotopic (exact) mass is 292 g/mol. The van der Waals surface area contributed by atoms with E-state index in [0.29, 0.717) is 0 Å². The zero-order valence-electron chi connectivity index (χ0n) is 10.6. The molecule has 0 aromatic heterocycles. The Morgan fingerprint density at radius 3 is 2.10 bits per heavy atom. The molecule has 20 heavy (non-hydrogen) atoms. The minimum atomic E-state index is -1.98. The van der Waals surface area contributed by atoms with Crippen LogP contribution < -0.4 is 0 Å². The second-order valence-electron chi connectivity index (χ2n) is 4.08. The second kappa shape index (κ2) is 8.48. The molecule has 0 saturated carbocycles. The van der Waals surface area contributed by atoms with Gasteiger partial charge in [-0.2, -0.15) is 0 Å². The van der Waals surface area contributed by atoms with Crippen LogP contribution in [-0.4, -0.2) is 75.3 Å². The van der Waals surface area contributed by atoms with Gasteiger partial charge in [-0.25, -0.2) is 4.79 Å². The van der Waals surface area contributed by atoms with Crippen molar-refractivity contribution in [3.8, 4) is 0 Å². The number of carbonyl (C=O) groups is 4. The first-order chi connectivity index (χ1) is 9.20. The molecule has 0 amide bonds. The topological polar surface area (TPSA) is 158 Å². The largest absolute Gasteiger partial charge is 0.457 e. The quantitative estimate of drug-likeness (QED) is 0.148. The molecule has 0 aromatic carbocycles. The van der Waals surface area contributed by atoms with Gasteiger partial charge in [0.2, 0.25) is 5.78 Å². The van der Waals surface area contributed by atoms with Gasteiger partial charge in [-0.1, -0.05) is 0 Å². The molecule has 0 rings (SSSR count). The summed E-state index contributed by atoms with van der Waals surface area (Å²) in [5, 5.41) is 36.8. The van der Waals surface area contributed by atoms with Crippen LogP contribution in [0.2, 0.25) is 0 Å². The Balaban J connectivity index is 4.31. The molecule has 0 aromatic rings. The highest BCUT2D eigenvalue weighted by molar-refractivity contribution is 6.36. The Labute approximate surface area is 113 Å². The summed E-state index contributed by atoms with van der Waals surface area (Å²) in [5.74, 6) is -3.04. The number of ketones is 2. The van der Waals surface area contributed by atoms with Crippen LogP contribution in [0.5, 0.6) is 0 Å². The molecule has 0 fully saturated rings. The van der Waals surface area contributed by atoms with Crippen molar-refractivity contribution in [2.24, 2.45) is 0 Å². The van der Waals surface area contributed by atoms with E-state index in [-0.39, 0.29) is 6.29 Å². The van der Waals surface area contributed by atoms with Gasteiger partial charge in [-0.15, -0.1) is 0 Å². The molecule has 9 heteroatoms. The number of aliphatic hydroxyl groups is 4. The fourth-order valence-electron chi connectivity index (χ4n) is 1.15. The van der Waals surface area contributed by atoms with Gasteiger partial charge in [0.15, 0.2) is 6.29 Å². The van der Waals surface area contributed by atoms with Crippen LogP contribution in [0, 0.1) is 0 Å². The van der Waals surface area contributed by atoms with E-state index in [0.717, 1.165) is 6.92 Å². The number of ether oxygens (including phenoxy) is 1. The zero-order chi connectivity index (χ0) is 15.9. The molecular weight excluding hydrogens is 276 g/mol. The number of hydrogen-bond donors (Lipinski definition) is 4. The molecule has 0 aliphatic carbocycles. The molecule has 0 radical (unpaired) electrons. The SMILES string of the molecule is CC(=O)CC(=O)C(=O)OC[C@@H](O)[C@@H](O)[C@H](O)[C@@H](O)C=O. The number of rotatable bonds is 9. The average Bonchev–Trinajstić information content (AvgIpc) is 2.40. The second-order valence-corrected chi connectivity index (χ2v) is 4.08. The average molecular weight is 292 g/mol. The molecule has 0 aliphatic rings. The Kier molecular flexibility index (Phi) is 7.77. The first-order valence-electron chi connectivity index (χ1n) is 5.57. The van der Waals surface area contributed by atoms with Crippen molar-refractivity contribution >= 4 is 23.8 Å². The van der Waals surface area contributed by atoms with Crippen LogP contribution in [0.3, 0.4) is 0 Å². The van der Waals surface area contributed by atoms with Crippen molar-refractivity contribution in [3.63, 3.8) is 0 Å². The molecule has 0 unspecified atom stereocenters. The van der Waals surface area contributed by atoms with E-state index in [1.807, 2.05) is 0 Å². The third-order valence-electron chi connectivity index (χ3n) is 2.26. The normalized spacial score (nSPS) is 16.6. The van der Waals surface area contributed by atoms with Crippen LogP contribution in [0.15, 0.2) is 0 Å². The molecule has 114 valence electrons. The van der Waals surface area contributed by atoms with E-state index in [1.54, 1.807) is 0 Å². The molecule has 9 nitrogen and oxygen atoms in total. The minimum Gasteiger partial charge on any atom is -0.457 e. The summed E-state index contributed by atoms with van der Waals surface area (Å²) in [6, 6.07) is 0. The maximum Gasteiger partial charge on any atom is 0.375 e. The number of Topliss-reactive ketones (excluding diaryl/α,β-unsaturated/α-hetero) is 2. The lowest BCUT2D eigenvalue weighted by Crippen LogP contribution is -2.47. The van der Waals surface area contributed by atoms with Gasteiger partial charge in [0.25, 0.3) is 0 Å². The first-order valence-corrected chi connectivity index (χ1v) is 5.57. The van der Waals surface area contributed by atoms with Crippen molar-refractivity contribution in [1.82, 2.24) is 0 Å². The van der Waals surface area contributed by atoms with Crippen molar-refractivity contribution < 1.29 is 44.3 Å². The highest BCUT2D eigenvalue weighted by Crippen LogP contribution is 2.05. The van der Waals surface area contributed by atoms with Crippen LogP contribution in [-0.2, 0) is 23.9 Å². The third kappa shape index (κ3) is 5.97. The van der Waals surface area contributed by atoms with Gasteiger partial charge in [0.1, 0.15) is 36.8 Å². The van der Waals surface area contributed by atoms with Gasteiger partial charge in [0.05, 0.1) is 6.42 Å². The number of esters is 1. The Morgan fingerprint density at radius 2 is 1.65 bits per heavy atom. The lowest BCUT2D eigenvalue weighted by atomic mass is 10.0. The van der Waals surface area contributed by atoms with E-state index in [2.05, 4.69) is 4.74 Å². The summed E-state index contributed by atoms with van der Waals surface area (Å²) < 4.78 is 4.32. The lowest BCUT2D eigenvalue weighted by Gasteiger charge is -2.23. The van der Waals surface area contributed by atoms with E-state index in [4.69, 9.17) is 5.11 Å². The summed E-state index contributed by atoms with van der Waals surface area (Å²) in [4.78, 5) is 42.9. The highest BCUT2D eigenvalue weighted by Gasteiger charge is 2.31. The van der Waals surface area contributed by atoms with E-state index < -0.39 is 55.0 Å². The van der Waals surface area contributed by atoms with E-state index in [9.17, 15) is 34.5 Å². The van der Waals surface area contributed by atoms with Crippen LogP contribution in [0.25, 0.3) is 0 Å². The summed E-state index contributed by atoms with van der Waals surface area (Å²) in [6.45, 7) is 0.243. The Hall–Kier alpha value is -1.68. The molecule has 4 atom stereocenters. The van der Waals surface area contributed by atoms with E-state index in [1.165, 1.54) is 0 Å². The van der Waals surface area contributed by atoms with Crippen LogP contribution >= 0.6 is 0 Å². The van der Waals surface area contributed by atoms with Crippen molar-refractivity contribution in [2.45, 2.75) is 37.8 Å². The van der Waals surface area contributed by atoms with Crippen molar-refractivity contribution in [2.75, 3.05) is 6.61 Å². The lowest BCUT2D eigenvalue weighted by molar-refractivity contribution is -0.162. The molecular formula is C11H16O9. The highest BCUT2D eigenvalue weighted by atomic mass is 16.5. The summed E-state index contributed by atoms with van der Waals surface area (Å²) in [5.41, 5.74) is 0. The van der Waals surface area contributed by atoms with Gasteiger partial charge in [0, 0.05) is 0 Å². The van der Waals surface area contributed by atoms with E-state index >= 15 is 0 Å². The van der Waals surface area contributed by atoms with Crippen LogP contribution in [0.4, 0.5) is 0 Å². The minimum absolute atomic E-state index is 0.0526. The summed E-state index contributed by atoms with van der Waals surface area (Å²) >= 11 is 0. The maximum absolute atomic E-state index is 11.1. The Morgan fingerprint density at radius 1 is 1.10 bits per heavy atom. The summed E-state index contributed by atoms with van der Waals surface area (Å²) in [7, 11) is 0. The third-order valence-corrected chi connectivity index (χ3v) is 2.26. The summed E-state index contributed by atoms with van der Waals surface area (Å²) in [6.07, 6.45) is -8.39. The predicted molar refractivity (Wildman–Crippen MR) is 61.4 cm³/mol. The van der Waals surface area contributed by atoms with Gasteiger partial charge in [-0.3, -0.25) is 9.59 Å². The number of carbonyl (C=O) groups excluding carboxylic acids is 4. The number of aliphatic hydroxyl groups excluding tert-OH is 4. The smallest absolute Gasteiger partial charge is 0.375 e. The predicted octanol–water partition coefficient (Wildman–Crippen LogP) is -3.28. The first kappa shape index (κ1) is 18.3. The number of aldehydes is 1. The molecule has 0 aliphatic heterocycles. The van der Waals surface area contributed by atoms with Gasteiger partial charge in [-0.05, 0) is 6.92 Å². The molecule has 0 bridgehead atoms. The van der Waals surface area contributed by atoms with Crippen molar-refractivity contribution in [1.29, 1.82) is 0 Å². The molecule has 4 N–H and O–H groups in total. The fourth-order valence-corrected chi connectivity index (χ4v) is 1.15. The molecule has 0 saturated heterocycles. The molecule has 0 heterocycles. The zero-order valence-corrected chi connectivity index (χ0v) is 10.6. The Bertz CT molecular complexity index is 378. The van der Waals surface area contributed by atoms with Crippen LogP contribution in [0.1, 0.15) is 13.3 Å². The maximum atomic E-state index is 11.1.